The summed E-state index contributed by atoms with van der Waals surface area (Å²) in [6.07, 6.45) is 0. The summed E-state index contributed by atoms with van der Waals surface area (Å²) in [6, 6.07) is 64.0. The van der Waals surface area contributed by atoms with E-state index in [0.717, 1.165) is 44.5 Å². The SMILES string of the molecule is c1ccc(-c2nc3c(cc(N(c4ccccc4)c4ccc(-c5cccc6ccccc56)c(-c5ccccc5)c4)c4ccccc43)o2)cc1. The van der Waals surface area contributed by atoms with E-state index in [4.69, 9.17) is 9.40 Å². The third-order valence-corrected chi connectivity index (χ3v) is 9.08. The van der Waals surface area contributed by atoms with Crippen molar-refractivity contribution >= 4 is 49.7 Å². The van der Waals surface area contributed by atoms with E-state index < -0.39 is 0 Å². The number of aromatic nitrogens is 1. The van der Waals surface area contributed by atoms with Crippen molar-refractivity contribution in [3.8, 4) is 33.7 Å². The highest BCUT2D eigenvalue weighted by atomic mass is 16.3. The first kappa shape index (κ1) is 27.8. The standard InChI is InChI=1S/C45H30N2O/c1-4-15-32(16-5-1)41-29-35(27-28-38(41)37-26-14-20-31-17-10-11-23-36(31)37)47(34-21-8-3-9-22-34)42-30-43-44(40-25-13-12-24-39(40)42)46-45(48-43)33-18-6-2-7-19-33/h1-30H. The van der Waals surface area contributed by atoms with E-state index in [9.17, 15) is 0 Å². The van der Waals surface area contributed by atoms with Gasteiger partial charge in [0.1, 0.15) is 5.52 Å². The lowest BCUT2D eigenvalue weighted by Crippen LogP contribution is -2.11. The van der Waals surface area contributed by atoms with Gasteiger partial charge in [-0.3, -0.25) is 0 Å². The van der Waals surface area contributed by atoms with Gasteiger partial charge in [-0.1, -0.05) is 140 Å². The molecule has 0 saturated heterocycles. The van der Waals surface area contributed by atoms with Crippen LogP contribution in [0.3, 0.4) is 0 Å². The van der Waals surface area contributed by atoms with Crippen molar-refractivity contribution in [2.75, 3.05) is 4.90 Å². The third-order valence-electron chi connectivity index (χ3n) is 9.08. The maximum atomic E-state index is 6.50. The van der Waals surface area contributed by atoms with Crippen molar-refractivity contribution in [3.05, 3.63) is 182 Å². The average Bonchev–Trinajstić information content (AvgIpc) is 3.61. The van der Waals surface area contributed by atoms with Gasteiger partial charge in [0, 0.05) is 33.8 Å². The predicted octanol–water partition coefficient (Wildman–Crippen LogP) is 12.6. The van der Waals surface area contributed by atoms with Crippen LogP contribution in [-0.4, -0.2) is 4.98 Å². The number of fused-ring (bicyclic) bond motifs is 4. The molecule has 0 N–H and O–H groups in total. The molecule has 226 valence electrons. The Labute approximate surface area is 279 Å². The Hall–Kier alpha value is -6.45. The molecule has 0 amide bonds. The van der Waals surface area contributed by atoms with Gasteiger partial charge in [0.15, 0.2) is 5.58 Å². The zero-order valence-corrected chi connectivity index (χ0v) is 26.1. The van der Waals surface area contributed by atoms with Crippen molar-refractivity contribution in [1.82, 2.24) is 4.98 Å². The summed E-state index contributed by atoms with van der Waals surface area (Å²) in [7, 11) is 0. The van der Waals surface area contributed by atoms with E-state index in [1.807, 2.05) is 30.3 Å². The topological polar surface area (TPSA) is 29.3 Å². The quantitative estimate of drug-likeness (QED) is 0.187. The summed E-state index contributed by atoms with van der Waals surface area (Å²) in [5, 5.41) is 4.61. The van der Waals surface area contributed by atoms with Gasteiger partial charge in [-0.05, 0) is 69.4 Å². The Morgan fingerprint density at radius 3 is 1.81 bits per heavy atom. The number of benzene rings is 8. The predicted molar refractivity (Wildman–Crippen MR) is 200 cm³/mol. The molecular weight excluding hydrogens is 585 g/mol. The molecule has 0 saturated carbocycles. The van der Waals surface area contributed by atoms with Crippen LogP contribution in [0.2, 0.25) is 0 Å². The van der Waals surface area contributed by atoms with Crippen LogP contribution >= 0.6 is 0 Å². The van der Waals surface area contributed by atoms with Gasteiger partial charge in [-0.2, -0.15) is 0 Å². The number of hydrogen-bond donors (Lipinski definition) is 0. The minimum Gasteiger partial charge on any atom is -0.436 e. The lowest BCUT2D eigenvalue weighted by atomic mass is 9.90. The van der Waals surface area contributed by atoms with Crippen molar-refractivity contribution in [1.29, 1.82) is 0 Å². The van der Waals surface area contributed by atoms with E-state index in [-0.39, 0.29) is 0 Å². The molecular formula is C45H30N2O. The molecule has 3 nitrogen and oxygen atoms in total. The Balaban J connectivity index is 1.30. The summed E-state index contributed by atoms with van der Waals surface area (Å²) in [6.45, 7) is 0. The molecule has 1 heterocycles. The fraction of sp³-hybridized carbons (Fsp3) is 0. The van der Waals surface area contributed by atoms with Crippen LogP contribution in [0, 0.1) is 0 Å². The molecule has 0 atom stereocenters. The molecule has 0 bridgehead atoms. The summed E-state index contributed by atoms with van der Waals surface area (Å²) in [5.74, 6) is 0.616. The van der Waals surface area contributed by atoms with E-state index in [2.05, 4.69) is 157 Å². The first-order valence-electron chi connectivity index (χ1n) is 16.2. The number of oxazole rings is 1. The lowest BCUT2D eigenvalue weighted by molar-refractivity contribution is 0.620. The Morgan fingerprint density at radius 2 is 1.04 bits per heavy atom. The second-order valence-corrected chi connectivity index (χ2v) is 12.0. The molecule has 9 aromatic rings. The number of rotatable bonds is 6. The van der Waals surface area contributed by atoms with Crippen molar-refractivity contribution < 1.29 is 4.42 Å². The minimum absolute atomic E-state index is 0.616. The normalized spacial score (nSPS) is 11.3. The molecule has 0 aliphatic heterocycles. The lowest BCUT2D eigenvalue weighted by Gasteiger charge is -2.28. The summed E-state index contributed by atoms with van der Waals surface area (Å²) in [4.78, 5) is 7.33. The zero-order chi connectivity index (χ0) is 31.9. The van der Waals surface area contributed by atoms with Crippen LogP contribution in [0.5, 0.6) is 0 Å². The van der Waals surface area contributed by atoms with Gasteiger partial charge in [0.2, 0.25) is 5.89 Å². The molecule has 8 aromatic carbocycles. The van der Waals surface area contributed by atoms with Gasteiger partial charge in [-0.25, -0.2) is 4.98 Å². The van der Waals surface area contributed by atoms with Crippen LogP contribution in [0.25, 0.3) is 66.4 Å². The van der Waals surface area contributed by atoms with Crippen molar-refractivity contribution in [2.24, 2.45) is 0 Å². The van der Waals surface area contributed by atoms with E-state index in [0.29, 0.717) is 5.89 Å². The average molecular weight is 615 g/mol. The van der Waals surface area contributed by atoms with Crippen LogP contribution in [0.4, 0.5) is 17.1 Å². The van der Waals surface area contributed by atoms with Crippen molar-refractivity contribution in [2.45, 2.75) is 0 Å². The van der Waals surface area contributed by atoms with Gasteiger partial charge in [0.05, 0.1) is 5.69 Å². The number of hydrogen-bond acceptors (Lipinski definition) is 3. The van der Waals surface area contributed by atoms with Crippen LogP contribution in [0.1, 0.15) is 0 Å². The zero-order valence-electron chi connectivity index (χ0n) is 26.1. The fourth-order valence-corrected chi connectivity index (χ4v) is 6.85. The molecule has 0 aliphatic carbocycles. The molecule has 1 aromatic heterocycles. The molecule has 48 heavy (non-hydrogen) atoms. The molecule has 0 unspecified atom stereocenters. The number of anilines is 3. The highest BCUT2D eigenvalue weighted by Gasteiger charge is 2.22. The first-order valence-corrected chi connectivity index (χ1v) is 16.2. The largest absolute Gasteiger partial charge is 0.436 e. The van der Waals surface area contributed by atoms with Crippen LogP contribution in [-0.2, 0) is 0 Å². The first-order chi connectivity index (χ1) is 23.8. The number of para-hydroxylation sites is 1. The van der Waals surface area contributed by atoms with Crippen LogP contribution in [0.15, 0.2) is 186 Å². The molecule has 0 spiro atoms. The second-order valence-electron chi connectivity index (χ2n) is 12.0. The minimum atomic E-state index is 0.616. The maximum Gasteiger partial charge on any atom is 0.227 e. The summed E-state index contributed by atoms with van der Waals surface area (Å²) >= 11 is 0. The Morgan fingerprint density at radius 1 is 0.417 bits per heavy atom. The molecule has 3 heteroatoms. The maximum absolute atomic E-state index is 6.50. The Kier molecular flexibility index (Phi) is 6.80. The number of nitrogens with zero attached hydrogens (tertiary/aromatic N) is 2. The van der Waals surface area contributed by atoms with E-state index in [1.165, 1.54) is 33.0 Å². The highest BCUT2D eigenvalue weighted by Crippen LogP contribution is 2.45. The van der Waals surface area contributed by atoms with Gasteiger partial charge < -0.3 is 9.32 Å². The molecule has 0 fully saturated rings. The summed E-state index contributed by atoms with van der Waals surface area (Å²) in [5.41, 5.74) is 10.4. The van der Waals surface area contributed by atoms with Crippen LogP contribution < -0.4 is 4.90 Å². The Bertz CT molecular complexity index is 2550. The van der Waals surface area contributed by atoms with E-state index in [1.54, 1.807) is 0 Å². The van der Waals surface area contributed by atoms with Gasteiger partial charge >= 0.3 is 0 Å². The molecule has 0 aliphatic rings. The smallest absolute Gasteiger partial charge is 0.227 e. The highest BCUT2D eigenvalue weighted by molar-refractivity contribution is 6.12. The van der Waals surface area contributed by atoms with Crippen molar-refractivity contribution in [3.63, 3.8) is 0 Å². The monoisotopic (exact) mass is 614 g/mol. The van der Waals surface area contributed by atoms with Gasteiger partial charge in [0.25, 0.3) is 0 Å². The molecule has 9 rings (SSSR count). The second kappa shape index (κ2) is 11.7. The molecule has 0 radical (unpaired) electrons. The van der Waals surface area contributed by atoms with E-state index >= 15 is 0 Å². The third kappa shape index (κ3) is 4.81. The van der Waals surface area contributed by atoms with Gasteiger partial charge in [-0.15, -0.1) is 0 Å². The fourth-order valence-electron chi connectivity index (χ4n) is 6.85. The summed E-state index contributed by atoms with van der Waals surface area (Å²) < 4.78 is 6.50.